The lowest BCUT2D eigenvalue weighted by Gasteiger charge is -2.33. The van der Waals surface area contributed by atoms with Crippen LogP contribution in [0.15, 0.2) is 48.5 Å². The largest absolute Gasteiger partial charge is 0.714 e. The number of ether oxygens (including phenoxy) is 1. The van der Waals surface area contributed by atoms with E-state index in [2.05, 4.69) is 0 Å². The Morgan fingerprint density at radius 2 is 1.91 bits per heavy atom. The predicted octanol–water partition coefficient (Wildman–Crippen LogP) is 4.03. The number of amides is 1. The molecule has 0 saturated carbocycles. The molecule has 7 nitrogen and oxygen atoms in total. The van der Waals surface area contributed by atoms with Crippen molar-refractivity contribution in [3.05, 3.63) is 70.7 Å². The fraction of sp³-hybridized carbons (Fsp3) is 0.440. The maximum atomic E-state index is 13.5. The minimum Gasteiger partial charge on any atom is -0.714 e. The Kier molecular flexibility index (Phi) is 5.82. The highest BCUT2D eigenvalue weighted by Crippen LogP contribution is 2.37. The van der Waals surface area contributed by atoms with Crippen LogP contribution in [0.5, 0.6) is 5.75 Å². The van der Waals surface area contributed by atoms with Crippen molar-refractivity contribution in [2.45, 2.75) is 57.7 Å². The van der Waals surface area contributed by atoms with Gasteiger partial charge in [-0.15, -0.1) is 5.06 Å². The Bertz CT molecular complexity index is 1080. The molecule has 1 unspecified atom stereocenters. The number of hydrogen-bond acceptors (Lipinski definition) is 5. The Hall–Kier alpha value is -3.13. The van der Waals surface area contributed by atoms with Crippen molar-refractivity contribution in [3.63, 3.8) is 0 Å². The number of hydroxylamine groups is 3. The van der Waals surface area contributed by atoms with Crippen LogP contribution in [0.25, 0.3) is 0 Å². The van der Waals surface area contributed by atoms with E-state index in [1.54, 1.807) is 49.1 Å². The van der Waals surface area contributed by atoms with Crippen molar-refractivity contribution in [2.75, 3.05) is 13.2 Å². The Morgan fingerprint density at radius 1 is 1.21 bits per heavy atom. The number of nitrogens with zero attached hydrogens (tertiary/aromatic N) is 3. The molecule has 0 spiro atoms. The van der Waals surface area contributed by atoms with Crippen molar-refractivity contribution in [2.24, 2.45) is 0 Å². The molecule has 0 bridgehead atoms. The minimum absolute atomic E-state index is 0.101. The Labute approximate surface area is 193 Å². The molecule has 1 saturated heterocycles. The van der Waals surface area contributed by atoms with E-state index in [0.717, 1.165) is 22.6 Å². The quantitative estimate of drug-likeness (QED) is 0.544. The molecule has 4 rings (SSSR count). The molecule has 2 aliphatic rings. The zero-order valence-electron chi connectivity index (χ0n) is 19.4. The van der Waals surface area contributed by atoms with Crippen LogP contribution < -0.4 is 4.74 Å². The molecule has 33 heavy (non-hydrogen) atoms. The molecule has 0 radical (unpaired) electrons. The number of rotatable bonds is 5. The van der Waals surface area contributed by atoms with Gasteiger partial charge in [0, 0.05) is 12.1 Å². The Morgan fingerprint density at radius 3 is 2.52 bits per heavy atom. The SMILES string of the molecule is CC1(C)N(O)C(c2ccc(OCC3CCCN3C(=O)c3cccc(F)c3)cc2)=[N+]([O-])C1(C)C. The van der Waals surface area contributed by atoms with Gasteiger partial charge < -0.3 is 14.8 Å². The van der Waals surface area contributed by atoms with Crippen LogP contribution in [0, 0.1) is 11.0 Å². The second-order valence-corrected chi connectivity index (χ2v) is 9.69. The van der Waals surface area contributed by atoms with Crippen molar-refractivity contribution in [1.82, 2.24) is 9.96 Å². The van der Waals surface area contributed by atoms with Gasteiger partial charge in [-0.3, -0.25) is 9.53 Å². The average molecular weight is 456 g/mol. The molecule has 8 heteroatoms. The first-order valence-corrected chi connectivity index (χ1v) is 11.2. The van der Waals surface area contributed by atoms with Crippen molar-refractivity contribution >= 4 is 11.7 Å². The van der Waals surface area contributed by atoms with E-state index in [4.69, 9.17) is 4.74 Å². The van der Waals surface area contributed by atoms with Crippen molar-refractivity contribution in [1.29, 1.82) is 0 Å². The van der Waals surface area contributed by atoms with Crippen molar-refractivity contribution < 1.29 is 23.9 Å². The highest BCUT2D eigenvalue weighted by atomic mass is 19.1. The maximum Gasteiger partial charge on any atom is 0.313 e. The molecule has 2 heterocycles. The van der Waals surface area contributed by atoms with Gasteiger partial charge in [0.15, 0.2) is 5.54 Å². The summed E-state index contributed by atoms with van der Waals surface area (Å²) in [6.45, 7) is 8.16. The van der Waals surface area contributed by atoms with Gasteiger partial charge in [0.05, 0.1) is 11.6 Å². The van der Waals surface area contributed by atoms with Crippen LogP contribution in [0.4, 0.5) is 4.39 Å². The molecular formula is C25H30FN3O4. The average Bonchev–Trinajstić information content (AvgIpc) is 3.30. The summed E-state index contributed by atoms with van der Waals surface area (Å²) in [4.78, 5) is 14.6. The number of hydrogen-bond donors (Lipinski definition) is 1. The summed E-state index contributed by atoms with van der Waals surface area (Å²) in [5.74, 6) is 0.164. The molecular weight excluding hydrogens is 425 g/mol. The number of carbonyl (C=O) groups is 1. The van der Waals surface area contributed by atoms with Crippen LogP contribution in [-0.4, -0.2) is 61.9 Å². The number of carbonyl (C=O) groups excluding carboxylic acids is 1. The highest BCUT2D eigenvalue weighted by Gasteiger charge is 2.58. The number of benzene rings is 2. The smallest absolute Gasteiger partial charge is 0.313 e. The zero-order valence-corrected chi connectivity index (χ0v) is 19.4. The number of halogens is 1. The molecule has 0 aromatic heterocycles. The normalized spacial score (nSPS) is 21.6. The number of amidine groups is 1. The fourth-order valence-corrected chi connectivity index (χ4v) is 4.32. The minimum atomic E-state index is -0.813. The molecule has 176 valence electrons. The fourth-order valence-electron chi connectivity index (χ4n) is 4.32. The van der Waals surface area contributed by atoms with E-state index in [-0.39, 0.29) is 17.8 Å². The second kappa shape index (κ2) is 8.33. The van der Waals surface area contributed by atoms with Crippen LogP contribution in [0.2, 0.25) is 0 Å². The molecule has 1 fully saturated rings. The summed E-state index contributed by atoms with van der Waals surface area (Å²) < 4.78 is 20.3. The van der Waals surface area contributed by atoms with E-state index in [9.17, 15) is 19.6 Å². The third-order valence-electron chi connectivity index (χ3n) is 7.19. The van der Waals surface area contributed by atoms with E-state index >= 15 is 0 Å². The standard InChI is InChI=1S/C25H30FN3O4/c1-24(2)25(3,4)29(32)22(28(24)31)17-10-12-21(13-11-17)33-16-20-9-6-14-27(20)23(30)18-7-5-8-19(26)15-18/h5,7-8,10-13,15,20,31H,6,9,14,16H2,1-4H3. The third kappa shape index (κ3) is 3.93. The van der Waals surface area contributed by atoms with E-state index in [0.29, 0.717) is 30.0 Å². The zero-order chi connectivity index (χ0) is 24.0. The summed E-state index contributed by atoms with van der Waals surface area (Å²) in [6.07, 6.45) is 1.68. The first kappa shape index (κ1) is 23.0. The third-order valence-corrected chi connectivity index (χ3v) is 7.19. The lowest BCUT2D eigenvalue weighted by molar-refractivity contribution is -0.539. The van der Waals surface area contributed by atoms with Crippen LogP contribution in [0.3, 0.4) is 0 Å². The summed E-state index contributed by atoms with van der Waals surface area (Å²) in [7, 11) is 0. The van der Waals surface area contributed by atoms with Crippen LogP contribution in [-0.2, 0) is 0 Å². The second-order valence-electron chi connectivity index (χ2n) is 9.69. The summed E-state index contributed by atoms with van der Waals surface area (Å²) >= 11 is 0. The summed E-state index contributed by atoms with van der Waals surface area (Å²) in [6, 6.07) is 12.6. The highest BCUT2D eigenvalue weighted by molar-refractivity contribution is 5.96. The maximum absolute atomic E-state index is 13.5. The predicted molar refractivity (Wildman–Crippen MR) is 122 cm³/mol. The van der Waals surface area contributed by atoms with Gasteiger partial charge in [0.2, 0.25) is 0 Å². The first-order chi connectivity index (χ1) is 15.5. The first-order valence-electron chi connectivity index (χ1n) is 11.2. The molecule has 2 aromatic carbocycles. The van der Waals surface area contributed by atoms with E-state index in [1.165, 1.54) is 18.2 Å². The lowest BCUT2D eigenvalue weighted by atomic mass is 9.84. The van der Waals surface area contributed by atoms with Crippen LogP contribution >= 0.6 is 0 Å². The number of likely N-dealkylation sites (tertiary alicyclic amines) is 1. The molecule has 1 N–H and O–H groups in total. The van der Waals surface area contributed by atoms with Gasteiger partial charge in [-0.05, 0) is 83.0 Å². The van der Waals surface area contributed by atoms with Gasteiger partial charge in [-0.2, -0.15) is 0 Å². The van der Waals surface area contributed by atoms with Crippen molar-refractivity contribution in [3.8, 4) is 5.75 Å². The topological polar surface area (TPSA) is 79.1 Å². The van der Waals surface area contributed by atoms with Gasteiger partial charge in [-0.25, -0.2) is 9.60 Å². The van der Waals surface area contributed by atoms with Gasteiger partial charge in [0.1, 0.15) is 23.7 Å². The summed E-state index contributed by atoms with van der Waals surface area (Å²) in [5.41, 5.74) is -0.658. The Balaban J connectivity index is 1.44. The molecule has 1 amide bonds. The van der Waals surface area contributed by atoms with Gasteiger partial charge in [0.25, 0.3) is 5.91 Å². The van der Waals surface area contributed by atoms with Gasteiger partial charge >= 0.3 is 5.84 Å². The molecule has 1 atom stereocenters. The lowest BCUT2D eigenvalue weighted by Crippen LogP contribution is -2.53. The monoisotopic (exact) mass is 455 g/mol. The molecule has 2 aromatic rings. The van der Waals surface area contributed by atoms with Crippen LogP contribution in [0.1, 0.15) is 56.5 Å². The van der Waals surface area contributed by atoms with Gasteiger partial charge in [-0.1, -0.05) is 6.07 Å². The van der Waals surface area contributed by atoms with E-state index < -0.39 is 16.9 Å². The molecule has 2 aliphatic heterocycles. The molecule has 0 aliphatic carbocycles. The summed E-state index contributed by atoms with van der Waals surface area (Å²) in [5, 5.41) is 24.5. The van der Waals surface area contributed by atoms with E-state index in [1.807, 2.05) is 13.8 Å².